The fraction of sp³-hybridized carbons (Fsp3) is 0.294. The van der Waals surface area contributed by atoms with Crippen LogP contribution in [0.4, 0.5) is 0 Å². The third-order valence-corrected chi connectivity index (χ3v) is 4.70. The Labute approximate surface area is 139 Å². The lowest BCUT2D eigenvalue weighted by Crippen LogP contribution is -2.18. The molecule has 3 nitrogen and oxygen atoms in total. The van der Waals surface area contributed by atoms with Crippen LogP contribution < -0.4 is 10.1 Å². The van der Waals surface area contributed by atoms with Crippen LogP contribution in [0.1, 0.15) is 24.1 Å². The SMILES string of the molecule is COc1ccc(Cl)cc1[C@@H](C)NCc1ccc([S@](C)=O)cc1. The molecular formula is C17H20ClNO2S. The van der Waals surface area contributed by atoms with Crippen molar-refractivity contribution in [3.05, 3.63) is 58.6 Å². The molecule has 0 spiro atoms. The molecule has 22 heavy (non-hydrogen) atoms. The molecule has 0 radical (unpaired) electrons. The van der Waals surface area contributed by atoms with E-state index in [9.17, 15) is 4.21 Å². The average molecular weight is 338 g/mol. The van der Waals surface area contributed by atoms with Crippen LogP contribution in [0.2, 0.25) is 5.02 Å². The Morgan fingerprint density at radius 1 is 1.23 bits per heavy atom. The van der Waals surface area contributed by atoms with Gasteiger partial charge in [-0.25, -0.2) is 0 Å². The molecule has 0 aromatic heterocycles. The fourth-order valence-electron chi connectivity index (χ4n) is 2.22. The molecule has 0 fully saturated rings. The van der Waals surface area contributed by atoms with Crippen LogP contribution in [-0.4, -0.2) is 17.6 Å². The van der Waals surface area contributed by atoms with Crippen molar-refractivity contribution in [1.29, 1.82) is 0 Å². The minimum atomic E-state index is -0.938. The normalized spacial score (nSPS) is 13.6. The van der Waals surface area contributed by atoms with E-state index < -0.39 is 10.8 Å². The van der Waals surface area contributed by atoms with E-state index in [1.807, 2.05) is 42.5 Å². The van der Waals surface area contributed by atoms with Gasteiger partial charge in [-0.3, -0.25) is 4.21 Å². The predicted molar refractivity (Wildman–Crippen MR) is 92.0 cm³/mol. The summed E-state index contributed by atoms with van der Waals surface area (Å²) in [7, 11) is 0.718. The van der Waals surface area contributed by atoms with Crippen molar-refractivity contribution in [3.63, 3.8) is 0 Å². The largest absolute Gasteiger partial charge is 0.496 e. The van der Waals surface area contributed by atoms with Crippen LogP contribution in [0.5, 0.6) is 5.75 Å². The number of halogens is 1. The molecule has 0 aliphatic heterocycles. The molecule has 0 heterocycles. The van der Waals surface area contributed by atoms with E-state index in [-0.39, 0.29) is 6.04 Å². The van der Waals surface area contributed by atoms with Gasteiger partial charge in [-0.15, -0.1) is 0 Å². The van der Waals surface area contributed by atoms with E-state index in [2.05, 4.69) is 12.2 Å². The molecule has 0 saturated carbocycles. The summed E-state index contributed by atoms with van der Waals surface area (Å²) in [6, 6.07) is 13.5. The highest BCUT2D eigenvalue weighted by atomic mass is 35.5. The maximum absolute atomic E-state index is 11.4. The van der Waals surface area contributed by atoms with Crippen LogP contribution in [0.3, 0.4) is 0 Å². The summed E-state index contributed by atoms with van der Waals surface area (Å²) in [5.41, 5.74) is 2.17. The Hall–Kier alpha value is -1.36. The number of ether oxygens (including phenoxy) is 1. The molecule has 0 aliphatic carbocycles. The van der Waals surface area contributed by atoms with Gasteiger partial charge in [0.15, 0.2) is 0 Å². The van der Waals surface area contributed by atoms with E-state index in [1.54, 1.807) is 13.4 Å². The van der Waals surface area contributed by atoms with Crippen LogP contribution in [0.15, 0.2) is 47.4 Å². The highest BCUT2D eigenvalue weighted by molar-refractivity contribution is 7.84. The molecule has 5 heteroatoms. The summed E-state index contributed by atoms with van der Waals surface area (Å²) >= 11 is 6.07. The van der Waals surface area contributed by atoms with Crippen molar-refractivity contribution < 1.29 is 8.95 Å². The van der Waals surface area contributed by atoms with Gasteiger partial charge in [0.05, 0.1) is 7.11 Å². The predicted octanol–water partition coefficient (Wildman–Crippen LogP) is 3.94. The first-order chi connectivity index (χ1) is 10.5. The van der Waals surface area contributed by atoms with Crippen molar-refractivity contribution in [2.75, 3.05) is 13.4 Å². The molecule has 2 aromatic rings. The van der Waals surface area contributed by atoms with Crippen LogP contribution in [0.25, 0.3) is 0 Å². The molecule has 1 N–H and O–H groups in total. The smallest absolute Gasteiger partial charge is 0.123 e. The Balaban J connectivity index is 2.05. The van der Waals surface area contributed by atoms with Crippen molar-refractivity contribution in [2.24, 2.45) is 0 Å². The maximum Gasteiger partial charge on any atom is 0.123 e. The van der Waals surface area contributed by atoms with Gasteiger partial charge in [-0.1, -0.05) is 23.7 Å². The molecule has 2 aromatic carbocycles. The number of rotatable bonds is 6. The van der Waals surface area contributed by atoms with Gasteiger partial charge in [0, 0.05) is 45.1 Å². The summed E-state index contributed by atoms with van der Waals surface area (Å²) in [6.07, 6.45) is 1.68. The van der Waals surface area contributed by atoms with Crippen molar-refractivity contribution >= 4 is 22.4 Å². The molecular weight excluding hydrogens is 318 g/mol. The molecule has 0 saturated heterocycles. The summed E-state index contributed by atoms with van der Waals surface area (Å²) in [4.78, 5) is 0.841. The van der Waals surface area contributed by atoms with Gasteiger partial charge < -0.3 is 10.1 Å². The van der Waals surface area contributed by atoms with E-state index in [4.69, 9.17) is 16.3 Å². The third-order valence-electron chi connectivity index (χ3n) is 3.53. The van der Waals surface area contributed by atoms with Crippen molar-refractivity contribution in [3.8, 4) is 5.75 Å². The Morgan fingerprint density at radius 2 is 1.91 bits per heavy atom. The lowest BCUT2D eigenvalue weighted by Gasteiger charge is -2.18. The summed E-state index contributed by atoms with van der Waals surface area (Å²) in [5.74, 6) is 0.820. The van der Waals surface area contributed by atoms with Gasteiger partial charge in [-0.2, -0.15) is 0 Å². The van der Waals surface area contributed by atoms with Gasteiger partial charge in [-0.05, 0) is 42.8 Å². The highest BCUT2D eigenvalue weighted by Crippen LogP contribution is 2.28. The van der Waals surface area contributed by atoms with Crippen LogP contribution in [0, 0.1) is 0 Å². The highest BCUT2D eigenvalue weighted by Gasteiger charge is 2.11. The van der Waals surface area contributed by atoms with Crippen molar-refractivity contribution in [2.45, 2.75) is 24.4 Å². The number of nitrogens with one attached hydrogen (secondary N) is 1. The molecule has 0 bridgehead atoms. The van der Waals surface area contributed by atoms with Gasteiger partial charge in [0.25, 0.3) is 0 Å². The standard InChI is InChI=1S/C17H20ClNO2S/c1-12(16-10-14(18)6-9-17(16)21-2)19-11-13-4-7-15(8-5-13)22(3)20/h4-10,12,19H,11H2,1-3H3/t12-,22+/m1/s1. The Kier molecular flexibility index (Phi) is 6.00. The molecule has 118 valence electrons. The number of hydrogen-bond acceptors (Lipinski definition) is 3. The molecule has 0 aliphatic rings. The van der Waals surface area contributed by atoms with Gasteiger partial charge >= 0.3 is 0 Å². The second-order valence-electron chi connectivity index (χ2n) is 5.09. The zero-order valence-electron chi connectivity index (χ0n) is 12.9. The van der Waals surface area contributed by atoms with Crippen molar-refractivity contribution in [1.82, 2.24) is 5.32 Å². The Bertz CT molecular complexity index is 658. The summed E-state index contributed by atoms with van der Waals surface area (Å²) in [5, 5.41) is 4.15. The van der Waals surface area contributed by atoms with Gasteiger partial charge in [0.2, 0.25) is 0 Å². The number of hydrogen-bond donors (Lipinski definition) is 1. The minimum Gasteiger partial charge on any atom is -0.496 e. The quantitative estimate of drug-likeness (QED) is 0.867. The molecule has 0 unspecified atom stereocenters. The van der Waals surface area contributed by atoms with E-state index in [0.29, 0.717) is 11.6 Å². The second kappa shape index (κ2) is 7.77. The zero-order chi connectivity index (χ0) is 16.1. The lowest BCUT2D eigenvalue weighted by molar-refractivity contribution is 0.401. The lowest BCUT2D eigenvalue weighted by atomic mass is 10.1. The Morgan fingerprint density at radius 3 is 2.50 bits per heavy atom. The zero-order valence-corrected chi connectivity index (χ0v) is 14.5. The maximum atomic E-state index is 11.4. The van der Waals surface area contributed by atoms with Crippen LogP contribution >= 0.6 is 11.6 Å². The van der Waals surface area contributed by atoms with E-state index >= 15 is 0 Å². The monoisotopic (exact) mass is 337 g/mol. The van der Waals surface area contributed by atoms with Crippen LogP contribution in [-0.2, 0) is 17.3 Å². The minimum absolute atomic E-state index is 0.105. The third kappa shape index (κ3) is 4.32. The molecule has 2 rings (SSSR count). The van der Waals surface area contributed by atoms with E-state index in [1.165, 1.54) is 0 Å². The first kappa shape index (κ1) is 17.0. The first-order valence-corrected chi connectivity index (χ1v) is 8.94. The average Bonchev–Trinajstić information content (AvgIpc) is 2.53. The summed E-state index contributed by atoms with van der Waals surface area (Å²) in [6.45, 7) is 2.79. The van der Waals surface area contributed by atoms with Gasteiger partial charge in [0.1, 0.15) is 5.75 Å². The first-order valence-electron chi connectivity index (χ1n) is 7.00. The molecule has 2 atom stereocenters. The van der Waals surface area contributed by atoms with E-state index in [0.717, 1.165) is 21.8 Å². The number of methoxy groups -OCH3 is 1. The summed E-state index contributed by atoms with van der Waals surface area (Å²) < 4.78 is 16.8. The second-order valence-corrected chi connectivity index (χ2v) is 6.90. The topological polar surface area (TPSA) is 38.3 Å². The fourth-order valence-corrected chi connectivity index (χ4v) is 2.92. The molecule has 0 amide bonds. The number of benzene rings is 2.